The third-order valence-electron chi connectivity index (χ3n) is 4.95. The van der Waals surface area contributed by atoms with E-state index in [1.165, 1.54) is 29.2 Å². The van der Waals surface area contributed by atoms with Crippen LogP contribution in [0.25, 0.3) is 11.1 Å². The van der Waals surface area contributed by atoms with Crippen LogP contribution in [-0.2, 0) is 4.79 Å². The zero-order valence-electron chi connectivity index (χ0n) is 14.6. The summed E-state index contributed by atoms with van der Waals surface area (Å²) in [5, 5.41) is 9.37. The summed E-state index contributed by atoms with van der Waals surface area (Å²) in [6.07, 6.45) is 1.10. The molecule has 1 N–H and O–H groups in total. The summed E-state index contributed by atoms with van der Waals surface area (Å²) in [7, 11) is 0. The molecule has 142 valence electrons. The molecule has 1 unspecified atom stereocenters. The summed E-state index contributed by atoms with van der Waals surface area (Å²) in [5.41, 5.74) is -0.0477. The first kappa shape index (κ1) is 18.9. The molecule has 1 aliphatic heterocycles. The Morgan fingerprint density at radius 2 is 1.63 bits per heavy atom. The molecular formula is C20H18F3NO3. The lowest BCUT2D eigenvalue weighted by Crippen LogP contribution is -2.48. The smallest absolute Gasteiger partial charge is 0.311 e. The van der Waals surface area contributed by atoms with Crippen molar-refractivity contribution in [3.63, 3.8) is 0 Å². The molecule has 0 saturated carbocycles. The third kappa shape index (κ3) is 3.67. The number of carboxylic acid groups (broad SMARTS) is 1. The van der Waals surface area contributed by atoms with Crippen LogP contribution in [0.1, 0.15) is 30.1 Å². The van der Waals surface area contributed by atoms with Gasteiger partial charge in [-0.1, -0.05) is 12.1 Å². The summed E-state index contributed by atoms with van der Waals surface area (Å²) in [6, 6.07) is 7.81. The molecule has 1 amide bonds. The van der Waals surface area contributed by atoms with Gasteiger partial charge in [0.15, 0.2) is 17.5 Å². The second kappa shape index (κ2) is 7.06. The van der Waals surface area contributed by atoms with Gasteiger partial charge in [-0.3, -0.25) is 9.59 Å². The first-order valence-corrected chi connectivity index (χ1v) is 8.49. The quantitative estimate of drug-likeness (QED) is 0.820. The molecule has 1 atom stereocenters. The van der Waals surface area contributed by atoms with Crippen LogP contribution in [0.5, 0.6) is 0 Å². The summed E-state index contributed by atoms with van der Waals surface area (Å²) in [6.45, 7) is 2.21. The Morgan fingerprint density at radius 1 is 1.04 bits per heavy atom. The second-order valence-electron chi connectivity index (χ2n) is 7.03. The largest absolute Gasteiger partial charge is 0.481 e. The topological polar surface area (TPSA) is 57.6 Å². The van der Waals surface area contributed by atoms with Gasteiger partial charge in [0.25, 0.3) is 5.91 Å². The molecule has 1 heterocycles. The van der Waals surface area contributed by atoms with Crippen LogP contribution in [0, 0.1) is 22.9 Å². The van der Waals surface area contributed by atoms with Crippen molar-refractivity contribution in [3.05, 3.63) is 59.4 Å². The molecule has 4 nitrogen and oxygen atoms in total. The molecule has 2 aromatic rings. The molecule has 3 rings (SSSR count). The van der Waals surface area contributed by atoms with Gasteiger partial charge < -0.3 is 10.0 Å². The molecule has 0 spiro atoms. The Bertz CT molecular complexity index is 875. The molecule has 1 saturated heterocycles. The van der Waals surface area contributed by atoms with E-state index in [4.69, 9.17) is 0 Å². The molecule has 7 heteroatoms. The molecule has 27 heavy (non-hydrogen) atoms. The van der Waals surface area contributed by atoms with Crippen LogP contribution in [0.15, 0.2) is 36.4 Å². The number of rotatable bonds is 3. The highest BCUT2D eigenvalue weighted by Crippen LogP contribution is 2.31. The van der Waals surface area contributed by atoms with Gasteiger partial charge in [0, 0.05) is 18.7 Å². The number of halogens is 3. The van der Waals surface area contributed by atoms with Gasteiger partial charge in [0.2, 0.25) is 0 Å². The zero-order valence-corrected chi connectivity index (χ0v) is 14.6. The minimum Gasteiger partial charge on any atom is -0.481 e. The predicted molar refractivity (Wildman–Crippen MR) is 92.6 cm³/mol. The number of hydrogen-bond acceptors (Lipinski definition) is 2. The number of hydrogen-bond donors (Lipinski definition) is 1. The highest BCUT2D eigenvalue weighted by Gasteiger charge is 2.39. The van der Waals surface area contributed by atoms with Crippen molar-refractivity contribution in [2.75, 3.05) is 13.1 Å². The second-order valence-corrected chi connectivity index (χ2v) is 7.03. The summed E-state index contributed by atoms with van der Waals surface area (Å²) in [4.78, 5) is 25.6. The maximum absolute atomic E-state index is 13.4. The summed E-state index contributed by atoms with van der Waals surface area (Å²) < 4.78 is 39.9. The van der Waals surface area contributed by atoms with E-state index in [2.05, 4.69) is 0 Å². The van der Waals surface area contributed by atoms with E-state index >= 15 is 0 Å². The predicted octanol–water partition coefficient (Wildman–Crippen LogP) is 4.10. The molecule has 0 aromatic heterocycles. The van der Waals surface area contributed by atoms with Crippen molar-refractivity contribution >= 4 is 11.9 Å². The number of likely N-dealkylation sites (tertiary alicyclic amines) is 1. The van der Waals surface area contributed by atoms with Crippen molar-refractivity contribution in [1.82, 2.24) is 4.90 Å². The Labute approximate surface area is 154 Å². The standard InChI is InChI=1S/C20H18F3NO3/c1-20(19(26)27)7-2-8-24(11-20)18(25)13-5-3-12(4-6-13)14-9-15(21)17(23)16(22)10-14/h3-6,9-10H,2,7-8,11H2,1H3,(H,26,27). The molecule has 0 radical (unpaired) electrons. The number of carbonyl (C=O) groups excluding carboxylic acids is 1. The minimum absolute atomic E-state index is 0.122. The molecule has 1 aliphatic rings. The first-order chi connectivity index (χ1) is 12.7. The number of carboxylic acids is 1. The number of aliphatic carboxylic acids is 1. The lowest BCUT2D eigenvalue weighted by molar-refractivity contribution is -0.150. The van der Waals surface area contributed by atoms with Gasteiger partial charge in [0.1, 0.15) is 0 Å². The number of benzene rings is 2. The Hall–Kier alpha value is -2.83. The molecule has 0 bridgehead atoms. The highest BCUT2D eigenvalue weighted by atomic mass is 19.2. The van der Waals surface area contributed by atoms with Crippen LogP contribution >= 0.6 is 0 Å². The molecule has 0 aliphatic carbocycles. The minimum atomic E-state index is -1.53. The molecule has 1 fully saturated rings. The maximum atomic E-state index is 13.4. The van der Waals surface area contributed by atoms with Crippen LogP contribution in [0.3, 0.4) is 0 Å². The normalized spacial score (nSPS) is 19.8. The molecular weight excluding hydrogens is 359 g/mol. The average molecular weight is 377 g/mol. The summed E-state index contributed by atoms with van der Waals surface area (Å²) >= 11 is 0. The third-order valence-corrected chi connectivity index (χ3v) is 4.95. The van der Waals surface area contributed by atoms with Crippen molar-refractivity contribution in [1.29, 1.82) is 0 Å². The van der Waals surface area contributed by atoms with Gasteiger partial charge in [-0.2, -0.15) is 0 Å². The fourth-order valence-corrected chi connectivity index (χ4v) is 3.30. The van der Waals surface area contributed by atoms with Gasteiger partial charge >= 0.3 is 5.97 Å². The van der Waals surface area contributed by atoms with Crippen LogP contribution in [0.4, 0.5) is 13.2 Å². The Morgan fingerprint density at radius 3 is 2.19 bits per heavy atom. The van der Waals surface area contributed by atoms with E-state index in [9.17, 15) is 27.9 Å². The monoisotopic (exact) mass is 377 g/mol. The van der Waals surface area contributed by atoms with Crippen molar-refractivity contribution in [3.8, 4) is 11.1 Å². The van der Waals surface area contributed by atoms with E-state index in [-0.39, 0.29) is 18.0 Å². The lowest BCUT2D eigenvalue weighted by atomic mass is 9.82. The van der Waals surface area contributed by atoms with Gasteiger partial charge in [0.05, 0.1) is 5.41 Å². The van der Waals surface area contributed by atoms with Crippen LogP contribution < -0.4 is 0 Å². The van der Waals surface area contributed by atoms with Crippen LogP contribution in [-0.4, -0.2) is 35.0 Å². The average Bonchev–Trinajstić information content (AvgIpc) is 2.65. The molecule has 2 aromatic carbocycles. The Balaban J connectivity index is 1.81. The first-order valence-electron chi connectivity index (χ1n) is 8.49. The zero-order chi connectivity index (χ0) is 19.8. The van der Waals surface area contributed by atoms with Crippen molar-refractivity contribution in [2.45, 2.75) is 19.8 Å². The SMILES string of the molecule is CC1(C(=O)O)CCCN(C(=O)c2ccc(-c3cc(F)c(F)c(F)c3)cc2)C1. The van der Waals surface area contributed by atoms with Crippen molar-refractivity contribution < 1.29 is 27.9 Å². The van der Waals surface area contributed by atoms with E-state index in [0.717, 1.165) is 12.1 Å². The van der Waals surface area contributed by atoms with E-state index in [1.807, 2.05) is 0 Å². The fourth-order valence-electron chi connectivity index (χ4n) is 3.30. The number of piperidine rings is 1. The fraction of sp³-hybridized carbons (Fsp3) is 0.300. The summed E-state index contributed by atoms with van der Waals surface area (Å²) in [5.74, 6) is -5.34. The van der Waals surface area contributed by atoms with Gasteiger partial charge in [-0.05, 0) is 55.2 Å². The highest BCUT2D eigenvalue weighted by molar-refractivity contribution is 5.95. The maximum Gasteiger partial charge on any atom is 0.311 e. The van der Waals surface area contributed by atoms with Crippen LogP contribution in [0.2, 0.25) is 0 Å². The van der Waals surface area contributed by atoms with E-state index < -0.39 is 28.8 Å². The van der Waals surface area contributed by atoms with E-state index in [1.54, 1.807) is 6.92 Å². The number of carbonyl (C=O) groups is 2. The van der Waals surface area contributed by atoms with Gasteiger partial charge in [-0.15, -0.1) is 0 Å². The van der Waals surface area contributed by atoms with Crippen molar-refractivity contribution in [2.24, 2.45) is 5.41 Å². The number of nitrogens with zero attached hydrogens (tertiary/aromatic N) is 1. The van der Waals surface area contributed by atoms with Gasteiger partial charge in [-0.25, -0.2) is 13.2 Å². The Kier molecular flexibility index (Phi) is 4.95. The number of amides is 1. The lowest BCUT2D eigenvalue weighted by Gasteiger charge is -2.37. The van der Waals surface area contributed by atoms with E-state index in [0.29, 0.717) is 30.5 Å².